The van der Waals surface area contributed by atoms with Crippen molar-refractivity contribution in [3.63, 3.8) is 0 Å². The molecule has 1 N–H and O–H groups in total. The van der Waals surface area contributed by atoms with Crippen molar-refractivity contribution in [2.45, 2.75) is 50.3 Å². The average Bonchev–Trinajstić information content (AvgIpc) is 2.90. The fourth-order valence-electron chi connectivity index (χ4n) is 3.83. The first-order valence-electron chi connectivity index (χ1n) is 8.90. The Hall–Kier alpha value is -1.00. The summed E-state index contributed by atoms with van der Waals surface area (Å²) in [7, 11) is 1.99. The first kappa shape index (κ1) is 16.8. The second-order valence-corrected chi connectivity index (χ2v) is 8.27. The van der Waals surface area contributed by atoms with Crippen LogP contribution >= 0.6 is 11.8 Å². The molecule has 23 heavy (non-hydrogen) atoms. The van der Waals surface area contributed by atoms with Gasteiger partial charge in [-0.3, -0.25) is 4.79 Å². The lowest BCUT2D eigenvalue weighted by molar-refractivity contribution is 0.0735. The van der Waals surface area contributed by atoms with Gasteiger partial charge in [-0.2, -0.15) is 11.8 Å². The lowest BCUT2D eigenvalue weighted by Crippen LogP contribution is -2.35. The van der Waals surface area contributed by atoms with Gasteiger partial charge in [-0.05, 0) is 74.2 Å². The van der Waals surface area contributed by atoms with E-state index in [9.17, 15) is 4.79 Å². The Balaban J connectivity index is 1.69. The van der Waals surface area contributed by atoms with Crippen LogP contribution in [-0.2, 0) is 12.8 Å². The van der Waals surface area contributed by atoms with Crippen molar-refractivity contribution in [3.8, 4) is 0 Å². The summed E-state index contributed by atoms with van der Waals surface area (Å²) in [5.41, 5.74) is 3.61. The standard InChI is InChI=1S/C19H28N2OS/c1-3-23-18-7-6-17(13-18)21(2)19(22)16-5-4-14-8-10-20-11-9-15(14)12-16/h4-5,12,17-18,20H,3,6-11,13H2,1-2H3/t17-,18-/m1/s1. The van der Waals surface area contributed by atoms with E-state index in [0.717, 1.165) is 49.6 Å². The molecular weight excluding hydrogens is 304 g/mol. The van der Waals surface area contributed by atoms with Crippen LogP contribution in [0.15, 0.2) is 18.2 Å². The van der Waals surface area contributed by atoms with Crippen molar-refractivity contribution in [1.82, 2.24) is 10.2 Å². The van der Waals surface area contributed by atoms with Gasteiger partial charge in [0.15, 0.2) is 0 Å². The molecule has 1 amide bonds. The summed E-state index contributed by atoms with van der Waals surface area (Å²) in [5.74, 6) is 1.37. The predicted octanol–water partition coefficient (Wildman–Crippen LogP) is 3.12. The summed E-state index contributed by atoms with van der Waals surface area (Å²) in [6.07, 6.45) is 5.64. The van der Waals surface area contributed by atoms with Gasteiger partial charge in [0.05, 0.1) is 0 Å². The zero-order valence-corrected chi connectivity index (χ0v) is 15.1. The smallest absolute Gasteiger partial charge is 0.253 e. The molecule has 1 saturated carbocycles. The molecule has 0 aromatic heterocycles. The predicted molar refractivity (Wildman–Crippen MR) is 98.4 cm³/mol. The first-order chi connectivity index (χ1) is 11.2. The minimum atomic E-state index is 0.192. The number of rotatable bonds is 4. The van der Waals surface area contributed by atoms with Crippen LogP contribution in [0.2, 0.25) is 0 Å². The Bertz CT molecular complexity index is 560. The second kappa shape index (κ2) is 7.71. The molecule has 0 unspecified atom stereocenters. The Kier molecular flexibility index (Phi) is 5.65. The van der Waals surface area contributed by atoms with Crippen LogP contribution in [0.1, 0.15) is 47.7 Å². The molecule has 126 valence electrons. The first-order valence-corrected chi connectivity index (χ1v) is 9.95. The summed E-state index contributed by atoms with van der Waals surface area (Å²) in [6, 6.07) is 6.73. The van der Waals surface area contributed by atoms with E-state index in [1.807, 2.05) is 29.8 Å². The van der Waals surface area contributed by atoms with E-state index in [-0.39, 0.29) is 5.91 Å². The Morgan fingerprint density at radius 1 is 1.26 bits per heavy atom. The van der Waals surface area contributed by atoms with Gasteiger partial charge in [0.2, 0.25) is 0 Å². The van der Waals surface area contributed by atoms with Crippen molar-refractivity contribution in [3.05, 3.63) is 34.9 Å². The fraction of sp³-hybridized carbons (Fsp3) is 0.632. The topological polar surface area (TPSA) is 32.3 Å². The number of nitrogens with zero attached hydrogens (tertiary/aromatic N) is 1. The van der Waals surface area contributed by atoms with Crippen LogP contribution in [0.5, 0.6) is 0 Å². The molecule has 1 fully saturated rings. The maximum Gasteiger partial charge on any atom is 0.253 e. The maximum absolute atomic E-state index is 12.9. The van der Waals surface area contributed by atoms with E-state index in [1.165, 1.54) is 23.3 Å². The largest absolute Gasteiger partial charge is 0.339 e. The van der Waals surface area contributed by atoms with E-state index in [1.54, 1.807) is 0 Å². The number of amides is 1. The molecule has 1 aliphatic heterocycles. The highest BCUT2D eigenvalue weighted by atomic mass is 32.2. The molecule has 3 nitrogen and oxygen atoms in total. The van der Waals surface area contributed by atoms with Gasteiger partial charge >= 0.3 is 0 Å². The Morgan fingerprint density at radius 2 is 2.04 bits per heavy atom. The van der Waals surface area contributed by atoms with E-state index >= 15 is 0 Å². The third-order valence-corrected chi connectivity index (χ3v) is 6.46. The molecule has 0 bridgehead atoms. The molecule has 1 aromatic rings. The minimum absolute atomic E-state index is 0.192. The number of benzene rings is 1. The molecular formula is C19H28N2OS. The van der Waals surface area contributed by atoms with Crippen LogP contribution in [0.25, 0.3) is 0 Å². The zero-order valence-electron chi connectivity index (χ0n) is 14.3. The van der Waals surface area contributed by atoms with Crippen LogP contribution < -0.4 is 5.32 Å². The molecule has 2 atom stereocenters. The number of fused-ring (bicyclic) bond motifs is 1. The molecule has 0 radical (unpaired) electrons. The molecule has 3 rings (SSSR count). The molecule has 0 spiro atoms. The maximum atomic E-state index is 12.9. The number of carbonyl (C=O) groups excluding carboxylic acids is 1. The minimum Gasteiger partial charge on any atom is -0.339 e. The molecule has 1 aromatic carbocycles. The zero-order chi connectivity index (χ0) is 16.2. The van der Waals surface area contributed by atoms with Gasteiger partial charge in [0, 0.05) is 23.9 Å². The Labute approximate surface area is 144 Å². The van der Waals surface area contributed by atoms with Gasteiger partial charge in [-0.15, -0.1) is 0 Å². The summed E-state index contributed by atoms with van der Waals surface area (Å²) in [6.45, 7) is 4.27. The average molecular weight is 333 g/mol. The molecule has 0 saturated heterocycles. The Morgan fingerprint density at radius 3 is 2.83 bits per heavy atom. The van der Waals surface area contributed by atoms with E-state index in [0.29, 0.717) is 6.04 Å². The molecule has 1 heterocycles. The monoisotopic (exact) mass is 332 g/mol. The summed E-state index contributed by atoms with van der Waals surface area (Å²) in [5, 5.41) is 4.16. The fourth-order valence-corrected chi connectivity index (χ4v) is 4.96. The van der Waals surface area contributed by atoms with Crippen LogP contribution in [-0.4, -0.2) is 48.0 Å². The van der Waals surface area contributed by atoms with E-state index in [4.69, 9.17) is 0 Å². The van der Waals surface area contributed by atoms with Crippen molar-refractivity contribution in [2.75, 3.05) is 25.9 Å². The number of hydrogen-bond donors (Lipinski definition) is 1. The number of carbonyl (C=O) groups is 1. The van der Waals surface area contributed by atoms with Gasteiger partial charge < -0.3 is 10.2 Å². The lowest BCUT2D eigenvalue weighted by Gasteiger charge is -2.25. The summed E-state index contributed by atoms with van der Waals surface area (Å²) < 4.78 is 0. The van der Waals surface area contributed by atoms with Crippen LogP contribution in [0.4, 0.5) is 0 Å². The lowest BCUT2D eigenvalue weighted by atomic mass is 9.99. The third-order valence-electron chi connectivity index (χ3n) is 5.22. The highest BCUT2D eigenvalue weighted by molar-refractivity contribution is 7.99. The van der Waals surface area contributed by atoms with Crippen molar-refractivity contribution < 1.29 is 4.79 Å². The summed E-state index contributed by atoms with van der Waals surface area (Å²) in [4.78, 5) is 14.9. The third kappa shape index (κ3) is 3.92. The van der Waals surface area contributed by atoms with Crippen LogP contribution in [0.3, 0.4) is 0 Å². The van der Waals surface area contributed by atoms with Gasteiger partial charge in [0.25, 0.3) is 5.91 Å². The van der Waals surface area contributed by atoms with Crippen molar-refractivity contribution in [2.24, 2.45) is 0 Å². The quantitative estimate of drug-likeness (QED) is 0.919. The second-order valence-electron chi connectivity index (χ2n) is 6.69. The van der Waals surface area contributed by atoms with E-state index < -0.39 is 0 Å². The van der Waals surface area contributed by atoms with Gasteiger partial charge in [0.1, 0.15) is 0 Å². The van der Waals surface area contributed by atoms with E-state index in [2.05, 4.69) is 24.4 Å². The highest BCUT2D eigenvalue weighted by Gasteiger charge is 2.30. The van der Waals surface area contributed by atoms with Gasteiger partial charge in [-0.25, -0.2) is 0 Å². The number of hydrogen-bond acceptors (Lipinski definition) is 3. The number of nitrogens with one attached hydrogen (secondary N) is 1. The normalized spacial score (nSPS) is 24.1. The van der Waals surface area contributed by atoms with Crippen molar-refractivity contribution >= 4 is 17.7 Å². The van der Waals surface area contributed by atoms with Gasteiger partial charge in [-0.1, -0.05) is 13.0 Å². The molecule has 2 aliphatic rings. The van der Waals surface area contributed by atoms with Crippen molar-refractivity contribution in [1.29, 1.82) is 0 Å². The van der Waals surface area contributed by atoms with Crippen LogP contribution in [0, 0.1) is 0 Å². The summed E-state index contributed by atoms with van der Waals surface area (Å²) >= 11 is 2.04. The number of thioether (sulfide) groups is 1. The SMILES string of the molecule is CCS[C@@H]1CC[C@@H](N(C)C(=O)c2ccc3c(c2)CCNCC3)C1. The highest BCUT2D eigenvalue weighted by Crippen LogP contribution is 2.32. The molecule has 4 heteroatoms. The molecule has 1 aliphatic carbocycles.